The maximum atomic E-state index is 5.91. The topological polar surface area (TPSA) is 27.1 Å². The van der Waals surface area contributed by atoms with Gasteiger partial charge in [-0.25, -0.2) is 4.98 Å². The highest BCUT2D eigenvalue weighted by atomic mass is 35.5. The number of hydrogen-bond donors (Lipinski definition) is 0. The molecule has 0 saturated heterocycles. The summed E-state index contributed by atoms with van der Waals surface area (Å²) < 4.78 is 8.16. The van der Waals surface area contributed by atoms with E-state index in [0.717, 1.165) is 30.1 Å². The summed E-state index contributed by atoms with van der Waals surface area (Å²) in [7, 11) is 0. The van der Waals surface area contributed by atoms with Crippen LogP contribution in [0.3, 0.4) is 0 Å². The summed E-state index contributed by atoms with van der Waals surface area (Å²) >= 11 is 5.91. The first-order valence-corrected chi connectivity index (χ1v) is 8.48. The monoisotopic (exact) mass is 328 g/mol. The van der Waals surface area contributed by atoms with Crippen LogP contribution in [0.25, 0.3) is 11.0 Å². The van der Waals surface area contributed by atoms with Gasteiger partial charge in [0, 0.05) is 11.6 Å². The van der Waals surface area contributed by atoms with Gasteiger partial charge in [0.15, 0.2) is 0 Å². The fourth-order valence-electron chi connectivity index (χ4n) is 2.68. The number of aryl methyl sites for hydroxylation is 1. The Morgan fingerprint density at radius 3 is 2.61 bits per heavy atom. The summed E-state index contributed by atoms with van der Waals surface area (Å²) in [5, 5.41) is 0.712. The fraction of sp³-hybridized carbons (Fsp3) is 0.316. The summed E-state index contributed by atoms with van der Waals surface area (Å²) in [5.74, 6) is 1.78. The zero-order valence-electron chi connectivity index (χ0n) is 13.3. The molecule has 0 bridgehead atoms. The van der Waals surface area contributed by atoms with E-state index in [1.165, 1.54) is 18.4 Å². The molecule has 3 rings (SSSR count). The van der Waals surface area contributed by atoms with E-state index in [2.05, 4.69) is 29.7 Å². The Hall–Kier alpha value is -2.00. The lowest BCUT2D eigenvalue weighted by atomic mass is 10.2. The standard InChI is InChI=1S/C19H21ClN2O/c1-2-3-6-13-22-18-8-5-4-7-17(18)21-19(22)14-23-16-11-9-15(20)10-12-16/h4-5,7-12H,2-3,6,13-14H2,1H3. The second-order valence-electron chi connectivity index (χ2n) is 5.62. The molecule has 1 aromatic heterocycles. The number of fused-ring (bicyclic) bond motifs is 1. The van der Waals surface area contributed by atoms with Crippen molar-refractivity contribution in [1.29, 1.82) is 0 Å². The summed E-state index contributed by atoms with van der Waals surface area (Å²) in [4.78, 5) is 4.74. The second kappa shape index (κ2) is 7.51. The summed E-state index contributed by atoms with van der Waals surface area (Å²) in [6.07, 6.45) is 3.60. The highest BCUT2D eigenvalue weighted by Crippen LogP contribution is 2.20. The molecule has 120 valence electrons. The van der Waals surface area contributed by atoms with Gasteiger partial charge in [-0.15, -0.1) is 0 Å². The van der Waals surface area contributed by atoms with Crippen molar-refractivity contribution in [1.82, 2.24) is 9.55 Å². The SMILES string of the molecule is CCCCCn1c(COc2ccc(Cl)cc2)nc2ccccc21. The van der Waals surface area contributed by atoms with Crippen molar-refractivity contribution in [2.45, 2.75) is 39.3 Å². The maximum absolute atomic E-state index is 5.91. The van der Waals surface area contributed by atoms with E-state index >= 15 is 0 Å². The normalized spacial score (nSPS) is 11.0. The van der Waals surface area contributed by atoms with Crippen molar-refractivity contribution >= 4 is 22.6 Å². The van der Waals surface area contributed by atoms with Gasteiger partial charge in [0.1, 0.15) is 18.2 Å². The molecule has 2 aromatic carbocycles. The number of ether oxygens (including phenoxy) is 1. The molecule has 0 aliphatic carbocycles. The molecule has 0 fully saturated rings. The molecule has 1 heterocycles. The molecule has 4 heteroatoms. The third-order valence-electron chi connectivity index (χ3n) is 3.90. The lowest BCUT2D eigenvalue weighted by molar-refractivity contribution is 0.289. The lowest BCUT2D eigenvalue weighted by Gasteiger charge is -2.10. The number of para-hydroxylation sites is 2. The Labute approximate surface area is 141 Å². The van der Waals surface area contributed by atoms with Gasteiger partial charge >= 0.3 is 0 Å². The maximum Gasteiger partial charge on any atom is 0.147 e. The molecule has 3 aromatic rings. The largest absolute Gasteiger partial charge is 0.486 e. The van der Waals surface area contributed by atoms with Crippen LogP contribution in [-0.2, 0) is 13.2 Å². The lowest BCUT2D eigenvalue weighted by Crippen LogP contribution is -2.07. The zero-order chi connectivity index (χ0) is 16.1. The Morgan fingerprint density at radius 1 is 1.04 bits per heavy atom. The van der Waals surface area contributed by atoms with Gasteiger partial charge < -0.3 is 9.30 Å². The summed E-state index contributed by atoms with van der Waals surface area (Å²) in [6.45, 7) is 3.66. The number of hydrogen-bond acceptors (Lipinski definition) is 2. The molecular formula is C19H21ClN2O. The van der Waals surface area contributed by atoms with Crippen LogP contribution < -0.4 is 4.74 Å². The summed E-state index contributed by atoms with van der Waals surface area (Å²) in [6, 6.07) is 15.7. The van der Waals surface area contributed by atoms with Crippen molar-refractivity contribution in [3.05, 3.63) is 59.4 Å². The smallest absolute Gasteiger partial charge is 0.147 e. The summed E-state index contributed by atoms with van der Waals surface area (Å²) in [5.41, 5.74) is 2.21. The first-order valence-electron chi connectivity index (χ1n) is 8.10. The van der Waals surface area contributed by atoms with Gasteiger partial charge in [0.05, 0.1) is 11.0 Å². The molecule has 0 aliphatic heterocycles. The number of rotatable bonds is 7. The quantitative estimate of drug-likeness (QED) is 0.538. The molecular weight excluding hydrogens is 308 g/mol. The molecule has 0 N–H and O–H groups in total. The van der Waals surface area contributed by atoms with Gasteiger partial charge in [0.25, 0.3) is 0 Å². The van der Waals surface area contributed by atoms with Crippen LogP contribution in [-0.4, -0.2) is 9.55 Å². The minimum atomic E-state index is 0.461. The van der Waals surface area contributed by atoms with Gasteiger partial charge in [0.2, 0.25) is 0 Å². The van der Waals surface area contributed by atoms with Crippen LogP contribution in [0, 0.1) is 0 Å². The number of nitrogens with zero attached hydrogens (tertiary/aromatic N) is 2. The first-order chi connectivity index (χ1) is 11.3. The third kappa shape index (κ3) is 3.85. The van der Waals surface area contributed by atoms with Crippen LogP contribution in [0.2, 0.25) is 5.02 Å². The molecule has 3 nitrogen and oxygen atoms in total. The second-order valence-corrected chi connectivity index (χ2v) is 6.05. The number of unbranched alkanes of at least 4 members (excludes halogenated alkanes) is 2. The molecule has 0 amide bonds. The van der Waals surface area contributed by atoms with E-state index in [0.29, 0.717) is 11.6 Å². The average molecular weight is 329 g/mol. The van der Waals surface area contributed by atoms with Crippen molar-refractivity contribution in [2.75, 3.05) is 0 Å². The van der Waals surface area contributed by atoms with Gasteiger partial charge in [-0.3, -0.25) is 0 Å². The molecule has 0 saturated carbocycles. The van der Waals surface area contributed by atoms with Crippen LogP contribution in [0.1, 0.15) is 32.0 Å². The van der Waals surface area contributed by atoms with Crippen molar-refractivity contribution in [3.8, 4) is 5.75 Å². The average Bonchev–Trinajstić information content (AvgIpc) is 2.93. The van der Waals surface area contributed by atoms with E-state index in [1.807, 2.05) is 30.3 Å². The predicted octanol–water partition coefficient (Wildman–Crippen LogP) is 5.46. The van der Waals surface area contributed by atoms with Crippen molar-refractivity contribution < 1.29 is 4.74 Å². The van der Waals surface area contributed by atoms with Crippen molar-refractivity contribution in [3.63, 3.8) is 0 Å². The fourth-order valence-corrected chi connectivity index (χ4v) is 2.81. The zero-order valence-corrected chi connectivity index (χ0v) is 14.1. The number of aromatic nitrogens is 2. The Kier molecular flexibility index (Phi) is 5.19. The van der Waals surface area contributed by atoms with Gasteiger partial charge in [-0.1, -0.05) is 43.5 Å². The molecule has 0 spiro atoms. The molecule has 23 heavy (non-hydrogen) atoms. The van der Waals surface area contributed by atoms with Crippen LogP contribution >= 0.6 is 11.6 Å². The van der Waals surface area contributed by atoms with E-state index in [-0.39, 0.29) is 0 Å². The Balaban J connectivity index is 1.80. The number of halogens is 1. The Morgan fingerprint density at radius 2 is 1.83 bits per heavy atom. The third-order valence-corrected chi connectivity index (χ3v) is 4.15. The highest BCUT2D eigenvalue weighted by molar-refractivity contribution is 6.30. The molecule has 0 unspecified atom stereocenters. The van der Waals surface area contributed by atoms with Crippen molar-refractivity contribution in [2.24, 2.45) is 0 Å². The minimum Gasteiger partial charge on any atom is -0.486 e. The van der Waals surface area contributed by atoms with E-state index in [1.54, 1.807) is 0 Å². The van der Waals surface area contributed by atoms with E-state index in [9.17, 15) is 0 Å². The van der Waals surface area contributed by atoms with Crippen LogP contribution in [0.5, 0.6) is 5.75 Å². The number of benzene rings is 2. The first kappa shape index (κ1) is 15.9. The number of imidazole rings is 1. The highest BCUT2D eigenvalue weighted by Gasteiger charge is 2.10. The van der Waals surface area contributed by atoms with Crippen LogP contribution in [0.15, 0.2) is 48.5 Å². The van der Waals surface area contributed by atoms with E-state index in [4.69, 9.17) is 21.3 Å². The van der Waals surface area contributed by atoms with Crippen LogP contribution in [0.4, 0.5) is 0 Å². The predicted molar refractivity (Wildman–Crippen MR) is 95.0 cm³/mol. The van der Waals surface area contributed by atoms with E-state index < -0.39 is 0 Å². The minimum absolute atomic E-state index is 0.461. The van der Waals surface area contributed by atoms with Gasteiger partial charge in [-0.2, -0.15) is 0 Å². The Bertz CT molecular complexity index is 765. The molecule has 0 radical (unpaired) electrons. The molecule has 0 aliphatic rings. The van der Waals surface area contributed by atoms with Gasteiger partial charge in [-0.05, 0) is 42.8 Å². The molecule has 0 atom stereocenters.